The number of carbonyl (C=O) groups is 2. The van der Waals surface area contributed by atoms with Gasteiger partial charge in [0.15, 0.2) is 0 Å². The lowest BCUT2D eigenvalue weighted by Crippen LogP contribution is -2.30. The maximum atomic E-state index is 11.6. The van der Waals surface area contributed by atoms with Crippen LogP contribution in [0.2, 0.25) is 0 Å². The molecule has 4 N–H and O–H groups in total. The lowest BCUT2D eigenvalue weighted by molar-refractivity contribution is -0.138. The fourth-order valence-electron chi connectivity index (χ4n) is 1.72. The highest BCUT2D eigenvalue weighted by molar-refractivity contribution is 5.76. The number of rotatable bonds is 9. The Morgan fingerprint density at radius 3 is 2.80 bits per heavy atom. The second-order valence-corrected chi connectivity index (χ2v) is 4.61. The number of amides is 1. The molecule has 1 rings (SSSR count). The average Bonchev–Trinajstić information content (AvgIpc) is 2.45. The van der Waals surface area contributed by atoms with Gasteiger partial charge >= 0.3 is 5.97 Å². The SMILES string of the molecule is N[C@@H](CCCCNC(=O)CCc1ccccn1)C(=O)O. The molecule has 0 saturated heterocycles. The zero-order chi connectivity index (χ0) is 14.8. The van der Waals surface area contributed by atoms with Crippen molar-refractivity contribution in [1.82, 2.24) is 10.3 Å². The van der Waals surface area contributed by atoms with Gasteiger partial charge in [-0.25, -0.2) is 0 Å². The van der Waals surface area contributed by atoms with Crippen LogP contribution in [0, 0.1) is 0 Å². The highest BCUT2D eigenvalue weighted by Gasteiger charge is 2.10. The molecular weight excluding hydrogens is 258 g/mol. The van der Waals surface area contributed by atoms with Crippen molar-refractivity contribution >= 4 is 11.9 Å². The molecule has 6 heteroatoms. The summed E-state index contributed by atoms with van der Waals surface area (Å²) in [5.74, 6) is -0.998. The molecule has 1 aromatic heterocycles. The fraction of sp³-hybridized carbons (Fsp3) is 0.500. The summed E-state index contributed by atoms with van der Waals surface area (Å²) in [7, 11) is 0. The predicted molar refractivity (Wildman–Crippen MR) is 75.0 cm³/mol. The van der Waals surface area contributed by atoms with E-state index in [0.717, 1.165) is 12.1 Å². The Balaban J connectivity index is 2.05. The first-order valence-corrected chi connectivity index (χ1v) is 6.74. The van der Waals surface area contributed by atoms with Crippen LogP contribution in [-0.2, 0) is 16.0 Å². The second kappa shape index (κ2) is 9.03. The van der Waals surface area contributed by atoms with Crippen LogP contribution in [0.25, 0.3) is 0 Å². The van der Waals surface area contributed by atoms with E-state index in [1.165, 1.54) is 0 Å². The van der Waals surface area contributed by atoms with Crippen molar-refractivity contribution in [3.8, 4) is 0 Å². The molecule has 0 fully saturated rings. The standard InChI is InChI=1S/C14H21N3O3/c15-12(14(19)20)6-2-4-10-17-13(18)8-7-11-5-1-3-9-16-11/h1,3,5,9,12H,2,4,6-8,10,15H2,(H,17,18)(H,19,20)/t12-/m0/s1. The minimum absolute atomic E-state index is 0.0156. The van der Waals surface area contributed by atoms with E-state index in [-0.39, 0.29) is 5.91 Å². The number of nitrogens with one attached hydrogen (secondary N) is 1. The van der Waals surface area contributed by atoms with Crippen LogP contribution in [0.15, 0.2) is 24.4 Å². The van der Waals surface area contributed by atoms with Crippen molar-refractivity contribution in [3.05, 3.63) is 30.1 Å². The lowest BCUT2D eigenvalue weighted by atomic mass is 10.1. The van der Waals surface area contributed by atoms with Crippen LogP contribution >= 0.6 is 0 Å². The number of aromatic nitrogens is 1. The Labute approximate surface area is 118 Å². The smallest absolute Gasteiger partial charge is 0.320 e. The number of nitrogens with two attached hydrogens (primary N) is 1. The zero-order valence-corrected chi connectivity index (χ0v) is 11.4. The third-order valence-electron chi connectivity index (χ3n) is 2.92. The van der Waals surface area contributed by atoms with Crippen molar-refractivity contribution < 1.29 is 14.7 Å². The van der Waals surface area contributed by atoms with Crippen molar-refractivity contribution in [3.63, 3.8) is 0 Å². The van der Waals surface area contributed by atoms with E-state index in [1.807, 2.05) is 18.2 Å². The van der Waals surface area contributed by atoms with Gasteiger partial charge in [0.05, 0.1) is 0 Å². The van der Waals surface area contributed by atoms with Gasteiger partial charge in [0.2, 0.25) is 5.91 Å². The van der Waals surface area contributed by atoms with Gasteiger partial charge in [-0.3, -0.25) is 14.6 Å². The molecule has 0 unspecified atom stereocenters. The Morgan fingerprint density at radius 2 is 2.15 bits per heavy atom. The number of hydrogen-bond donors (Lipinski definition) is 3. The monoisotopic (exact) mass is 279 g/mol. The van der Waals surface area contributed by atoms with Crippen LogP contribution in [-0.4, -0.2) is 34.6 Å². The van der Waals surface area contributed by atoms with Crippen LogP contribution in [0.1, 0.15) is 31.4 Å². The maximum Gasteiger partial charge on any atom is 0.320 e. The van der Waals surface area contributed by atoms with E-state index in [0.29, 0.717) is 32.2 Å². The number of carbonyl (C=O) groups excluding carboxylic acids is 1. The predicted octanol–water partition coefficient (Wildman–Crippen LogP) is 0.713. The van der Waals surface area contributed by atoms with Crippen LogP contribution in [0.5, 0.6) is 0 Å². The molecule has 20 heavy (non-hydrogen) atoms. The molecule has 0 spiro atoms. The second-order valence-electron chi connectivity index (χ2n) is 4.61. The van der Waals surface area contributed by atoms with E-state index in [2.05, 4.69) is 10.3 Å². The summed E-state index contributed by atoms with van der Waals surface area (Å²) < 4.78 is 0. The van der Waals surface area contributed by atoms with Crippen molar-refractivity contribution in [1.29, 1.82) is 0 Å². The zero-order valence-electron chi connectivity index (χ0n) is 11.4. The summed E-state index contributed by atoms with van der Waals surface area (Å²) in [5.41, 5.74) is 6.28. The van der Waals surface area contributed by atoms with Gasteiger partial charge in [-0.05, 0) is 37.8 Å². The number of aryl methyl sites for hydroxylation is 1. The van der Waals surface area contributed by atoms with Gasteiger partial charge in [-0.1, -0.05) is 6.07 Å². The topological polar surface area (TPSA) is 105 Å². The number of unbranched alkanes of at least 4 members (excludes halogenated alkanes) is 1. The minimum atomic E-state index is -0.982. The first-order chi connectivity index (χ1) is 9.59. The van der Waals surface area contributed by atoms with Gasteiger partial charge in [-0.15, -0.1) is 0 Å². The number of aliphatic carboxylic acids is 1. The molecular formula is C14H21N3O3. The highest BCUT2D eigenvalue weighted by Crippen LogP contribution is 2.00. The van der Waals surface area contributed by atoms with E-state index >= 15 is 0 Å². The quantitative estimate of drug-likeness (QED) is 0.577. The van der Waals surface area contributed by atoms with E-state index in [1.54, 1.807) is 6.20 Å². The number of carboxylic acid groups (broad SMARTS) is 1. The molecule has 0 radical (unpaired) electrons. The Kier molecular flexibility index (Phi) is 7.27. The summed E-state index contributed by atoms with van der Waals surface area (Å²) in [4.78, 5) is 26.2. The lowest BCUT2D eigenvalue weighted by Gasteiger charge is -2.07. The average molecular weight is 279 g/mol. The molecule has 0 saturated carbocycles. The van der Waals surface area contributed by atoms with Gasteiger partial charge in [0.25, 0.3) is 0 Å². The molecule has 0 aromatic carbocycles. The van der Waals surface area contributed by atoms with Crippen molar-refractivity contribution in [2.45, 2.75) is 38.1 Å². The first-order valence-electron chi connectivity index (χ1n) is 6.74. The van der Waals surface area contributed by atoms with E-state index in [9.17, 15) is 9.59 Å². The maximum absolute atomic E-state index is 11.6. The van der Waals surface area contributed by atoms with Crippen molar-refractivity contribution in [2.75, 3.05) is 6.54 Å². The van der Waals surface area contributed by atoms with Gasteiger partial charge in [-0.2, -0.15) is 0 Å². The molecule has 1 heterocycles. The van der Waals surface area contributed by atoms with Gasteiger partial charge in [0.1, 0.15) is 6.04 Å². The summed E-state index contributed by atoms with van der Waals surface area (Å²) in [6.45, 7) is 0.549. The largest absolute Gasteiger partial charge is 0.480 e. The van der Waals surface area contributed by atoms with Gasteiger partial charge < -0.3 is 16.2 Å². The Morgan fingerprint density at radius 1 is 1.35 bits per heavy atom. The molecule has 0 bridgehead atoms. The summed E-state index contributed by atoms with van der Waals surface area (Å²) in [6.07, 6.45) is 4.59. The normalized spacial score (nSPS) is 11.8. The van der Waals surface area contributed by atoms with Crippen molar-refractivity contribution in [2.24, 2.45) is 5.73 Å². The highest BCUT2D eigenvalue weighted by atomic mass is 16.4. The number of hydrogen-bond acceptors (Lipinski definition) is 4. The molecule has 6 nitrogen and oxygen atoms in total. The summed E-state index contributed by atoms with van der Waals surface area (Å²) in [6, 6.07) is 4.81. The Bertz CT molecular complexity index is 423. The molecule has 110 valence electrons. The third kappa shape index (κ3) is 6.84. The molecule has 0 aliphatic heterocycles. The summed E-state index contributed by atoms with van der Waals surface area (Å²) >= 11 is 0. The molecule has 0 aliphatic rings. The van der Waals surface area contributed by atoms with E-state index in [4.69, 9.17) is 10.8 Å². The molecule has 1 atom stereocenters. The van der Waals surface area contributed by atoms with Crippen LogP contribution < -0.4 is 11.1 Å². The Hall–Kier alpha value is -1.95. The number of pyridine rings is 1. The van der Waals surface area contributed by atoms with Crippen LogP contribution in [0.3, 0.4) is 0 Å². The first kappa shape index (κ1) is 16.1. The minimum Gasteiger partial charge on any atom is -0.480 e. The molecule has 1 aromatic rings. The third-order valence-corrected chi connectivity index (χ3v) is 2.92. The molecule has 0 aliphatic carbocycles. The van der Waals surface area contributed by atoms with Crippen LogP contribution in [0.4, 0.5) is 0 Å². The fourth-order valence-corrected chi connectivity index (χ4v) is 1.72. The summed E-state index contributed by atoms with van der Waals surface area (Å²) in [5, 5.41) is 11.4. The van der Waals surface area contributed by atoms with E-state index < -0.39 is 12.0 Å². The van der Waals surface area contributed by atoms with Gasteiger partial charge in [0, 0.05) is 24.9 Å². The molecule has 1 amide bonds. The number of nitrogens with zero attached hydrogens (tertiary/aromatic N) is 1. The number of carboxylic acids is 1.